The average Bonchev–Trinajstić information content (AvgIpc) is 2.24. The van der Waals surface area contributed by atoms with Gasteiger partial charge in [-0.15, -0.1) is 3.89 Å². The van der Waals surface area contributed by atoms with E-state index in [0.29, 0.717) is 4.09 Å². The summed E-state index contributed by atoms with van der Waals surface area (Å²) >= 11 is 4.75. The quantitative estimate of drug-likeness (QED) is 0.722. The van der Waals surface area contributed by atoms with Gasteiger partial charge in [-0.2, -0.15) is 22.4 Å². The van der Waals surface area contributed by atoms with E-state index in [0.717, 1.165) is 0 Å². The lowest BCUT2D eigenvalue weighted by Gasteiger charge is -2.03. The van der Waals surface area contributed by atoms with Crippen molar-refractivity contribution in [2.24, 2.45) is 0 Å². The van der Waals surface area contributed by atoms with Crippen molar-refractivity contribution in [2.45, 2.75) is 6.18 Å². The third-order valence-electron chi connectivity index (χ3n) is 1.11. The number of alkyl halides is 3. The zero-order valence-corrected chi connectivity index (χ0v) is 9.56. The van der Waals surface area contributed by atoms with E-state index in [9.17, 15) is 17.1 Å². The van der Waals surface area contributed by atoms with Crippen LogP contribution in [0.1, 0.15) is 5.56 Å². The van der Waals surface area contributed by atoms with Crippen LogP contribution in [0.3, 0.4) is 0 Å². The Morgan fingerprint density at radius 1 is 1.31 bits per heavy atom. The third-order valence-corrected chi connectivity index (χ3v) is 3.03. The first-order chi connectivity index (χ1) is 5.88. The van der Waals surface area contributed by atoms with E-state index >= 15 is 0 Å². The Kier molecular flexibility index (Phi) is 3.29. The van der Waals surface area contributed by atoms with E-state index in [4.69, 9.17) is 0 Å². The number of hydrogen-bond donors (Lipinski definition) is 0. The molecule has 0 unspecified atom stereocenters. The fourth-order valence-electron chi connectivity index (χ4n) is 0.634. The van der Waals surface area contributed by atoms with Gasteiger partial charge < -0.3 is 0 Å². The summed E-state index contributed by atoms with van der Waals surface area (Å²) in [4.78, 5) is 0. The van der Waals surface area contributed by atoms with Crippen molar-refractivity contribution >= 4 is 44.2 Å². The number of hydrogen-bond acceptors (Lipinski definition) is 2. The lowest BCUT2D eigenvalue weighted by molar-refractivity contribution is -0.138. The van der Waals surface area contributed by atoms with E-state index in [1.54, 1.807) is 0 Å². The van der Waals surface area contributed by atoms with Gasteiger partial charge in [0.15, 0.2) is 12.3 Å². The number of aromatic nitrogens is 2. The topological polar surface area (TPSA) is 17.8 Å². The number of rotatable bonds is 1. The lowest BCUT2D eigenvalue weighted by atomic mass is 10.4. The second-order valence-electron chi connectivity index (χ2n) is 1.90. The molecule has 1 aromatic rings. The minimum Gasteiger partial charge on any atom is -0.168 e. The molecule has 1 rings (SSSR count). The first-order valence-electron chi connectivity index (χ1n) is 2.68. The molecule has 74 valence electrons. The van der Waals surface area contributed by atoms with Gasteiger partial charge in [0.05, 0.1) is 0 Å². The summed E-state index contributed by atoms with van der Waals surface area (Å²) in [5, 5.41) is 3.25. The molecule has 0 radical (unpaired) electrons. The van der Waals surface area contributed by atoms with Crippen molar-refractivity contribution < 1.29 is 17.1 Å². The monoisotopic (exact) mass is 342 g/mol. The zero-order valence-electron chi connectivity index (χ0n) is 5.57. The SMILES string of the molecule is FSn1nc(Br)c(C(F)(F)F)c1Br. The van der Waals surface area contributed by atoms with Crippen LogP contribution in [0.15, 0.2) is 9.21 Å². The first kappa shape index (κ1) is 11.3. The number of halogens is 6. The second-order valence-corrected chi connectivity index (χ2v) is 3.88. The molecule has 0 aliphatic heterocycles. The molecule has 0 N–H and O–H groups in total. The van der Waals surface area contributed by atoms with Gasteiger partial charge in [0.25, 0.3) is 0 Å². The molecule has 0 saturated heterocycles. The van der Waals surface area contributed by atoms with Crippen molar-refractivity contribution in [1.29, 1.82) is 0 Å². The van der Waals surface area contributed by atoms with Crippen LogP contribution in [0.2, 0.25) is 0 Å². The number of nitrogens with zero attached hydrogens (tertiary/aromatic N) is 2. The molecule has 9 heteroatoms. The normalized spacial score (nSPS) is 12.2. The van der Waals surface area contributed by atoms with Gasteiger partial charge in [0.2, 0.25) is 0 Å². The Labute approximate surface area is 91.4 Å². The molecule has 0 aliphatic rings. The second kappa shape index (κ2) is 3.77. The highest BCUT2D eigenvalue weighted by Crippen LogP contribution is 2.40. The van der Waals surface area contributed by atoms with Crippen molar-refractivity contribution in [3.8, 4) is 0 Å². The van der Waals surface area contributed by atoms with Gasteiger partial charge in [-0.05, 0) is 31.9 Å². The van der Waals surface area contributed by atoms with Crippen LogP contribution in [0.25, 0.3) is 0 Å². The molecule has 0 amide bonds. The van der Waals surface area contributed by atoms with Crippen molar-refractivity contribution in [1.82, 2.24) is 9.19 Å². The van der Waals surface area contributed by atoms with Crippen molar-refractivity contribution in [2.75, 3.05) is 0 Å². The summed E-state index contributed by atoms with van der Waals surface area (Å²) in [7, 11) is 0. The molecule has 0 aromatic carbocycles. The standard InChI is InChI=1S/C4Br2F4N2S/c5-2-1(4(7,8)9)3(6)12(11-2)13-10. The van der Waals surface area contributed by atoms with Crippen LogP contribution in [0.5, 0.6) is 0 Å². The van der Waals surface area contributed by atoms with E-state index in [-0.39, 0.29) is 0 Å². The summed E-state index contributed by atoms with van der Waals surface area (Å²) in [6.07, 6.45) is -4.56. The van der Waals surface area contributed by atoms with E-state index in [2.05, 4.69) is 37.0 Å². The summed E-state index contributed by atoms with van der Waals surface area (Å²) in [6.45, 7) is 0. The molecule has 0 aliphatic carbocycles. The van der Waals surface area contributed by atoms with Crippen LogP contribution < -0.4 is 0 Å². The van der Waals surface area contributed by atoms with Crippen LogP contribution >= 0.6 is 44.2 Å². The Morgan fingerprint density at radius 3 is 2.08 bits per heavy atom. The Morgan fingerprint density at radius 2 is 1.85 bits per heavy atom. The van der Waals surface area contributed by atoms with Crippen LogP contribution in [0.4, 0.5) is 17.1 Å². The highest BCUT2D eigenvalue weighted by molar-refractivity contribution is 9.11. The molecule has 0 spiro atoms. The average molecular weight is 344 g/mol. The van der Waals surface area contributed by atoms with Gasteiger partial charge in [0.1, 0.15) is 14.8 Å². The Hall–Kier alpha value is 0.240. The zero-order chi connectivity index (χ0) is 10.2. The fourth-order valence-corrected chi connectivity index (χ4v) is 2.50. The van der Waals surface area contributed by atoms with E-state index in [1.807, 2.05) is 0 Å². The molecule has 1 heterocycles. The molecule has 0 atom stereocenters. The van der Waals surface area contributed by atoms with Crippen LogP contribution in [0, 0.1) is 0 Å². The minimum atomic E-state index is -4.56. The summed E-state index contributed by atoms with van der Waals surface area (Å²) in [5.74, 6) is 0. The van der Waals surface area contributed by atoms with E-state index < -0.39 is 33.3 Å². The predicted octanol–water partition coefficient (Wildman–Crippen LogP) is 3.81. The maximum absolute atomic E-state index is 12.2. The molecule has 13 heavy (non-hydrogen) atoms. The highest BCUT2D eigenvalue weighted by Gasteiger charge is 2.39. The maximum Gasteiger partial charge on any atom is 0.421 e. The summed E-state index contributed by atoms with van der Waals surface area (Å²) in [5.41, 5.74) is -1.03. The summed E-state index contributed by atoms with van der Waals surface area (Å²) in [6, 6.07) is 0. The Bertz CT molecular complexity index is 323. The lowest BCUT2D eigenvalue weighted by Crippen LogP contribution is -2.05. The molecule has 1 aromatic heterocycles. The van der Waals surface area contributed by atoms with Crippen molar-refractivity contribution in [3.05, 3.63) is 14.8 Å². The molecule has 0 fully saturated rings. The maximum atomic E-state index is 12.2. The Balaban J connectivity index is 3.29. The molecule has 0 saturated carbocycles. The van der Waals surface area contributed by atoms with E-state index in [1.165, 1.54) is 0 Å². The van der Waals surface area contributed by atoms with Gasteiger partial charge in [0, 0.05) is 0 Å². The third kappa shape index (κ3) is 2.18. The van der Waals surface area contributed by atoms with Gasteiger partial charge in [-0.3, -0.25) is 0 Å². The van der Waals surface area contributed by atoms with Crippen LogP contribution in [-0.4, -0.2) is 9.19 Å². The van der Waals surface area contributed by atoms with Crippen LogP contribution in [-0.2, 0) is 6.18 Å². The molecule has 2 nitrogen and oxygen atoms in total. The highest BCUT2D eigenvalue weighted by atomic mass is 79.9. The van der Waals surface area contributed by atoms with Crippen molar-refractivity contribution in [3.63, 3.8) is 0 Å². The van der Waals surface area contributed by atoms with Gasteiger partial charge in [-0.25, -0.2) is 0 Å². The molecular weight excluding hydrogens is 344 g/mol. The first-order valence-corrected chi connectivity index (χ1v) is 4.94. The summed E-state index contributed by atoms with van der Waals surface area (Å²) < 4.78 is 48.2. The van der Waals surface area contributed by atoms with Gasteiger partial charge in [-0.1, -0.05) is 0 Å². The molecule has 0 bridgehead atoms. The fraction of sp³-hybridized carbons (Fsp3) is 0.250. The molecular formula is C4Br2F4N2S. The smallest absolute Gasteiger partial charge is 0.168 e. The minimum absolute atomic E-state index is 0.425. The predicted molar refractivity (Wildman–Crippen MR) is 46.7 cm³/mol. The largest absolute Gasteiger partial charge is 0.421 e. The van der Waals surface area contributed by atoms with Gasteiger partial charge >= 0.3 is 6.18 Å².